The van der Waals surface area contributed by atoms with E-state index in [-0.39, 0.29) is 12.3 Å². The molecule has 0 unspecified atom stereocenters. The summed E-state index contributed by atoms with van der Waals surface area (Å²) in [6.07, 6.45) is 0. The summed E-state index contributed by atoms with van der Waals surface area (Å²) in [5.74, 6) is -0.00263. The molecule has 1 aromatic heterocycles. The summed E-state index contributed by atoms with van der Waals surface area (Å²) < 4.78 is 27.2. The van der Waals surface area contributed by atoms with Gasteiger partial charge in [0.15, 0.2) is 0 Å². The largest absolute Gasteiger partial charge is 0.298 e. The van der Waals surface area contributed by atoms with Crippen LogP contribution in [0.2, 0.25) is 0 Å². The minimum Gasteiger partial charge on any atom is -0.298 e. The van der Waals surface area contributed by atoms with Gasteiger partial charge in [0.2, 0.25) is 10.0 Å². The molecule has 0 spiro atoms. The average molecular weight is 368 g/mol. The average Bonchev–Trinajstić information content (AvgIpc) is 3.00. The number of nitrogens with zero attached hydrogens (tertiary/aromatic N) is 2. The zero-order valence-electron chi connectivity index (χ0n) is 14.4. The van der Waals surface area contributed by atoms with Crippen LogP contribution in [0.25, 0.3) is 0 Å². The number of sulfonamides is 1. The van der Waals surface area contributed by atoms with Crippen LogP contribution < -0.4 is 4.72 Å². The maximum absolute atomic E-state index is 12.3. The Kier molecular flexibility index (Phi) is 6.91. The summed E-state index contributed by atoms with van der Waals surface area (Å²) in [5, 5.41) is 2.80. The number of thiazole rings is 1. The second-order valence-electron chi connectivity index (χ2n) is 5.70. The van der Waals surface area contributed by atoms with Crippen molar-refractivity contribution in [1.29, 1.82) is 0 Å². The number of benzene rings is 1. The molecule has 5 nitrogen and oxygen atoms in total. The van der Waals surface area contributed by atoms with Gasteiger partial charge in [0, 0.05) is 11.9 Å². The number of aryl methyl sites for hydroxylation is 1. The van der Waals surface area contributed by atoms with E-state index in [4.69, 9.17) is 0 Å². The molecule has 0 atom stereocenters. The van der Waals surface area contributed by atoms with Gasteiger partial charge in [0.1, 0.15) is 5.01 Å². The molecule has 1 N–H and O–H groups in total. The molecule has 132 valence electrons. The molecule has 0 aliphatic carbocycles. The lowest BCUT2D eigenvalue weighted by atomic mass is 10.1. The first-order chi connectivity index (χ1) is 11.4. The van der Waals surface area contributed by atoms with Crippen molar-refractivity contribution in [3.8, 4) is 0 Å². The Hall–Kier alpha value is -1.28. The first-order valence-corrected chi connectivity index (χ1v) is 10.6. The molecule has 24 heavy (non-hydrogen) atoms. The Bertz CT molecular complexity index is 753. The van der Waals surface area contributed by atoms with Crippen molar-refractivity contribution < 1.29 is 8.42 Å². The minimum absolute atomic E-state index is 0.00263. The van der Waals surface area contributed by atoms with Crippen LogP contribution in [0.1, 0.15) is 35.7 Å². The quantitative estimate of drug-likeness (QED) is 0.740. The van der Waals surface area contributed by atoms with Gasteiger partial charge in [0.05, 0.1) is 18.0 Å². The SMILES string of the molecule is CCN(CC)Cc1csc(CNS(=O)(=O)Cc2ccccc2C)n1. The van der Waals surface area contributed by atoms with Crippen LogP contribution in [0.3, 0.4) is 0 Å². The Balaban J connectivity index is 1.93. The van der Waals surface area contributed by atoms with E-state index in [0.29, 0.717) is 0 Å². The zero-order valence-corrected chi connectivity index (χ0v) is 16.1. The van der Waals surface area contributed by atoms with E-state index < -0.39 is 10.0 Å². The summed E-state index contributed by atoms with van der Waals surface area (Å²) >= 11 is 1.50. The van der Waals surface area contributed by atoms with Crippen molar-refractivity contribution in [2.45, 2.75) is 39.6 Å². The molecule has 1 heterocycles. The number of aromatic nitrogens is 1. The molecular weight excluding hydrogens is 342 g/mol. The van der Waals surface area contributed by atoms with Crippen molar-refractivity contribution in [2.75, 3.05) is 13.1 Å². The number of hydrogen-bond donors (Lipinski definition) is 1. The summed E-state index contributed by atoms with van der Waals surface area (Å²) in [7, 11) is -3.37. The fraction of sp³-hybridized carbons (Fsp3) is 0.471. The van der Waals surface area contributed by atoms with Crippen LogP contribution in [0.5, 0.6) is 0 Å². The fourth-order valence-corrected chi connectivity index (χ4v) is 4.39. The van der Waals surface area contributed by atoms with Gasteiger partial charge in [-0.1, -0.05) is 38.1 Å². The van der Waals surface area contributed by atoms with E-state index in [1.165, 1.54) is 11.3 Å². The first-order valence-electron chi connectivity index (χ1n) is 8.11. The van der Waals surface area contributed by atoms with E-state index in [0.717, 1.165) is 41.5 Å². The van der Waals surface area contributed by atoms with E-state index in [1.807, 2.05) is 36.6 Å². The van der Waals surface area contributed by atoms with Gasteiger partial charge in [0.25, 0.3) is 0 Å². The molecule has 2 aromatic rings. The lowest BCUT2D eigenvalue weighted by Crippen LogP contribution is -2.25. The monoisotopic (exact) mass is 367 g/mol. The first kappa shape index (κ1) is 19.1. The van der Waals surface area contributed by atoms with E-state index in [2.05, 4.69) is 28.5 Å². The predicted molar refractivity (Wildman–Crippen MR) is 99.4 cm³/mol. The van der Waals surface area contributed by atoms with Crippen molar-refractivity contribution in [1.82, 2.24) is 14.6 Å². The summed E-state index contributed by atoms with van der Waals surface area (Å²) in [4.78, 5) is 6.80. The third-order valence-electron chi connectivity index (χ3n) is 3.93. The highest BCUT2D eigenvalue weighted by molar-refractivity contribution is 7.88. The highest BCUT2D eigenvalue weighted by Crippen LogP contribution is 2.14. The van der Waals surface area contributed by atoms with Gasteiger partial charge >= 0.3 is 0 Å². The Morgan fingerprint density at radius 3 is 2.58 bits per heavy atom. The van der Waals surface area contributed by atoms with Crippen LogP contribution in [-0.4, -0.2) is 31.4 Å². The van der Waals surface area contributed by atoms with Gasteiger partial charge in [-0.3, -0.25) is 4.90 Å². The van der Waals surface area contributed by atoms with Gasteiger partial charge < -0.3 is 0 Å². The molecule has 0 radical (unpaired) electrons. The van der Waals surface area contributed by atoms with Crippen molar-refractivity contribution >= 4 is 21.4 Å². The van der Waals surface area contributed by atoms with E-state index >= 15 is 0 Å². The van der Waals surface area contributed by atoms with Crippen LogP contribution in [0.15, 0.2) is 29.6 Å². The number of nitrogens with one attached hydrogen (secondary N) is 1. The minimum atomic E-state index is -3.37. The van der Waals surface area contributed by atoms with Crippen molar-refractivity contribution in [3.63, 3.8) is 0 Å². The van der Waals surface area contributed by atoms with Gasteiger partial charge in [-0.05, 0) is 31.1 Å². The maximum atomic E-state index is 12.3. The Labute approximate surface area is 148 Å². The molecule has 7 heteroatoms. The third kappa shape index (κ3) is 5.66. The summed E-state index contributed by atoms with van der Waals surface area (Å²) in [6, 6.07) is 7.54. The van der Waals surface area contributed by atoms with Crippen molar-refractivity contribution in [2.24, 2.45) is 0 Å². The van der Waals surface area contributed by atoms with Gasteiger partial charge in [-0.2, -0.15) is 0 Å². The van der Waals surface area contributed by atoms with Gasteiger partial charge in [-0.15, -0.1) is 11.3 Å². The number of hydrogen-bond acceptors (Lipinski definition) is 5. The molecule has 0 aliphatic heterocycles. The Morgan fingerprint density at radius 1 is 1.21 bits per heavy atom. The molecule has 0 saturated heterocycles. The molecule has 0 amide bonds. The Morgan fingerprint density at radius 2 is 1.92 bits per heavy atom. The normalized spacial score (nSPS) is 12.0. The van der Waals surface area contributed by atoms with Gasteiger partial charge in [-0.25, -0.2) is 18.1 Å². The molecule has 2 rings (SSSR count). The summed E-state index contributed by atoms with van der Waals surface area (Å²) in [5.41, 5.74) is 2.81. The van der Waals surface area contributed by atoms with Crippen molar-refractivity contribution in [3.05, 3.63) is 51.5 Å². The lowest BCUT2D eigenvalue weighted by molar-refractivity contribution is 0.292. The topological polar surface area (TPSA) is 62.3 Å². The predicted octanol–water partition coefficient (Wildman–Crippen LogP) is 2.91. The third-order valence-corrected chi connectivity index (χ3v) is 6.10. The molecular formula is C17H25N3O2S2. The molecule has 1 aromatic carbocycles. The second-order valence-corrected chi connectivity index (χ2v) is 8.45. The fourth-order valence-electron chi connectivity index (χ4n) is 2.38. The highest BCUT2D eigenvalue weighted by atomic mass is 32.2. The molecule has 0 bridgehead atoms. The van der Waals surface area contributed by atoms with Crippen LogP contribution in [0, 0.1) is 6.92 Å². The lowest BCUT2D eigenvalue weighted by Gasteiger charge is -2.15. The van der Waals surface area contributed by atoms with E-state index in [9.17, 15) is 8.42 Å². The van der Waals surface area contributed by atoms with Crippen LogP contribution in [0.4, 0.5) is 0 Å². The smallest absolute Gasteiger partial charge is 0.216 e. The zero-order chi connectivity index (χ0) is 17.6. The highest BCUT2D eigenvalue weighted by Gasteiger charge is 2.14. The molecule has 0 fully saturated rings. The second kappa shape index (κ2) is 8.71. The standard InChI is InChI=1S/C17H25N3O2S2/c1-4-20(5-2)11-16-12-23-17(19-16)10-18-24(21,22)13-15-9-7-6-8-14(15)3/h6-9,12,18H,4-5,10-11,13H2,1-3H3. The molecule has 0 aliphatic rings. The van der Waals surface area contributed by atoms with E-state index in [1.54, 1.807) is 0 Å². The maximum Gasteiger partial charge on any atom is 0.216 e. The summed E-state index contributed by atoms with van der Waals surface area (Å²) in [6.45, 7) is 9.17. The number of rotatable bonds is 9. The molecule has 0 saturated carbocycles. The van der Waals surface area contributed by atoms with Crippen LogP contribution in [-0.2, 0) is 28.9 Å². The van der Waals surface area contributed by atoms with Crippen LogP contribution >= 0.6 is 11.3 Å².